The molecule has 0 spiro atoms. The van der Waals surface area contributed by atoms with E-state index in [1.54, 1.807) is 0 Å². The van der Waals surface area contributed by atoms with E-state index in [0.29, 0.717) is 0 Å². The minimum Gasteiger partial charge on any atom is -0.0737 e. The first-order chi connectivity index (χ1) is 4.93. The van der Waals surface area contributed by atoms with E-state index < -0.39 is 0 Å². The summed E-state index contributed by atoms with van der Waals surface area (Å²) in [6.07, 6.45) is 10.5. The summed E-state index contributed by atoms with van der Waals surface area (Å²) in [5.74, 6) is 1.07. The summed E-state index contributed by atoms with van der Waals surface area (Å²) < 4.78 is 0. The van der Waals surface area contributed by atoms with Gasteiger partial charge in [-0.05, 0) is 0 Å². The van der Waals surface area contributed by atoms with Crippen LogP contribution in [0.25, 0.3) is 0 Å². The third-order valence-corrected chi connectivity index (χ3v) is 2.80. The van der Waals surface area contributed by atoms with Crippen molar-refractivity contribution in [3.8, 4) is 0 Å². The van der Waals surface area contributed by atoms with E-state index in [9.17, 15) is 0 Å². The first-order valence-electron chi connectivity index (χ1n) is 4.93. The van der Waals surface area contributed by atoms with Crippen molar-refractivity contribution in [3.05, 3.63) is 0 Å². The summed E-state index contributed by atoms with van der Waals surface area (Å²) in [6.45, 7) is 0. The van der Waals surface area contributed by atoms with E-state index in [1.165, 1.54) is 52.1 Å². The van der Waals surface area contributed by atoms with Crippen LogP contribution in [-0.2, 0) is 0 Å². The average molecular weight is 136 g/mol. The molecule has 0 amide bonds. The van der Waals surface area contributed by atoms with Gasteiger partial charge in [0.25, 0.3) is 0 Å². The van der Waals surface area contributed by atoms with Crippen molar-refractivity contribution in [2.75, 3.05) is 0 Å². The highest BCUT2D eigenvalue weighted by atomic mass is 14.1. The molecule has 0 nitrogen and oxygen atoms in total. The zero-order chi connectivity index (χ0) is 7.23. The van der Waals surface area contributed by atoms with Crippen molar-refractivity contribution >= 4 is 14.9 Å². The lowest BCUT2D eigenvalue weighted by Gasteiger charge is -2.16. The fourth-order valence-electron chi connectivity index (χ4n) is 1.95. The van der Waals surface area contributed by atoms with E-state index in [-0.39, 0.29) is 0 Å². The van der Waals surface area contributed by atoms with Gasteiger partial charge in [0.05, 0.1) is 14.9 Å². The molecule has 0 atom stereocenters. The Morgan fingerprint density at radius 1 is 0.900 bits per heavy atom. The molecule has 1 aliphatic rings. The topological polar surface area (TPSA) is 0 Å². The van der Waals surface area contributed by atoms with Gasteiger partial charge in [0.2, 0.25) is 0 Å². The Morgan fingerprint density at radius 2 is 1.40 bits per heavy atom. The maximum atomic E-state index is 2.34. The van der Waals surface area contributed by atoms with E-state index >= 15 is 0 Å². The van der Waals surface area contributed by atoms with Crippen molar-refractivity contribution in [1.82, 2.24) is 0 Å². The van der Waals surface area contributed by atoms with Crippen LogP contribution >= 0.6 is 0 Å². The largest absolute Gasteiger partial charge is 0.0860 e. The number of hydrogen-bond acceptors (Lipinski definition) is 0. The summed E-state index contributed by atoms with van der Waals surface area (Å²) in [4.78, 5) is 0. The third kappa shape index (κ3) is 2.81. The molecule has 0 unspecified atom stereocenters. The molecular formula is C8H18B2. The normalized spacial score (nSPS) is 23.2. The van der Waals surface area contributed by atoms with Crippen LogP contribution in [0.15, 0.2) is 0 Å². The van der Waals surface area contributed by atoms with Crippen LogP contribution in [0.5, 0.6) is 0 Å². The molecule has 0 heterocycles. The number of hydrogen-bond donors (Lipinski definition) is 0. The predicted molar refractivity (Wildman–Crippen MR) is 51.8 cm³/mol. The Balaban J connectivity index is 2.16. The zero-order valence-electron chi connectivity index (χ0n) is 7.23. The Kier molecular flexibility index (Phi) is 4.01. The molecular weight excluding hydrogens is 118 g/mol. The Bertz CT molecular complexity index is 75.3. The van der Waals surface area contributed by atoms with E-state index in [2.05, 4.69) is 7.74 Å². The molecule has 10 heavy (non-hydrogen) atoms. The molecule has 2 heteroatoms. The fraction of sp³-hybridized carbons (Fsp3) is 1.00. The van der Waals surface area contributed by atoms with Crippen LogP contribution < -0.4 is 0 Å². The molecule has 0 aromatic heterocycles. The molecule has 0 bridgehead atoms. The molecule has 1 fully saturated rings. The summed E-state index contributed by atoms with van der Waals surface area (Å²) in [5.41, 5.74) is 0. The smallest absolute Gasteiger partial charge is 0.0737 e. The van der Waals surface area contributed by atoms with Gasteiger partial charge in [0.15, 0.2) is 0 Å². The second-order valence-electron chi connectivity index (χ2n) is 3.62. The van der Waals surface area contributed by atoms with Gasteiger partial charge in [-0.25, -0.2) is 0 Å². The molecule has 56 valence electrons. The van der Waals surface area contributed by atoms with Crippen molar-refractivity contribution in [3.63, 3.8) is 0 Å². The van der Waals surface area contributed by atoms with Crippen molar-refractivity contribution in [1.29, 1.82) is 0 Å². The Labute approximate surface area is 66.4 Å². The van der Waals surface area contributed by atoms with Gasteiger partial charge in [-0.1, -0.05) is 50.8 Å². The molecule has 1 rings (SSSR count). The quantitative estimate of drug-likeness (QED) is 0.479. The maximum absolute atomic E-state index is 2.34. The van der Waals surface area contributed by atoms with Gasteiger partial charge in [-0.15, -0.1) is 0 Å². The molecule has 0 N–H and O–H groups in total. The van der Waals surface area contributed by atoms with Crippen LogP contribution in [0, 0.1) is 0 Å². The highest BCUT2D eigenvalue weighted by Gasteiger charge is 2.08. The van der Waals surface area contributed by atoms with Gasteiger partial charge in [0, 0.05) is 0 Å². The van der Waals surface area contributed by atoms with Crippen LogP contribution in [0.2, 0.25) is 5.82 Å². The predicted octanol–water partition coefficient (Wildman–Crippen LogP) is 1.50. The van der Waals surface area contributed by atoms with E-state index in [1.807, 2.05) is 0 Å². The monoisotopic (exact) mass is 136 g/mol. The lowest BCUT2D eigenvalue weighted by Crippen LogP contribution is -2.05. The third-order valence-electron chi connectivity index (χ3n) is 2.80. The van der Waals surface area contributed by atoms with Crippen molar-refractivity contribution in [2.45, 2.75) is 50.8 Å². The molecule has 0 aromatic rings. The van der Waals surface area contributed by atoms with Crippen LogP contribution in [-0.4, -0.2) is 14.9 Å². The SMILES string of the molecule is BBC1CCCCCCC1. The maximum Gasteiger partial charge on any atom is 0.0860 e. The number of rotatable bonds is 1. The van der Waals surface area contributed by atoms with Gasteiger partial charge in [-0.3, -0.25) is 0 Å². The molecule has 0 radical (unpaired) electrons. The summed E-state index contributed by atoms with van der Waals surface area (Å²) in [6, 6.07) is 0. The second-order valence-corrected chi connectivity index (χ2v) is 3.62. The minimum absolute atomic E-state index is 1.07. The molecule has 1 saturated carbocycles. The lowest BCUT2D eigenvalue weighted by molar-refractivity contribution is 0.503. The van der Waals surface area contributed by atoms with Gasteiger partial charge >= 0.3 is 0 Å². The standard InChI is InChI=1S/C8H18B2/c9-10-8-6-4-2-1-3-5-7-8/h8,10H,1-7,9H2. The minimum atomic E-state index is 1.07. The van der Waals surface area contributed by atoms with Crippen LogP contribution in [0.3, 0.4) is 0 Å². The van der Waals surface area contributed by atoms with Crippen LogP contribution in [0.1, 0.15) is 44.9 Å². The van der Waals surface area contributed by atoms with Gasteiger partial charge in [0.1, 0.15) is 0 Å². The second kappa shape index (κ2) is 4.87. The molecule has 0 saturated heterocycles. The highest BCUT2D eigenvalue weighted by Crippen LogP contribution is 2.24. The van der Waals surface area contributed by atoms with Gasteiger partial charge < -0.3 is 0 Å². The van der Waals surface area contributed by atoms with Gasteiger partial charge in [-0.2, -0.15) is 0 Å². The van der Waals surface area contributed by atoms with Crippen molar-refractivity contribution in [2.24, 2.45) is 0 Å². The Hall–Kier alpha value is 0.130. The first kappa shape index (κ1) is 8.23. The first-order valence-corrected chi connectivity index (χ1v) is 4.93. The molecule has 1 aliphatic carbocycles. The van der Waals surface area contributed by atoms with E-state index in [0.717, 1.165) is 5.82 Å². The molecule has 0 aliphatic heterocycles. The van der Waals surface area contributed by atoms with E-state index in [4.69, 9.17) is 0 Å². The zero-order valence-corrected chi connectivity index (χ0v) is 7.23. The summed E-state index contributed by atoms with van der Waals surface area (Å²) >= 11 is 0. The fourth-order valence-corrected chi connectivity index (χ4v) is 1.95. The van der Waals surface area contributed by atoms with Crippen molar-refractivity contribution < 1.29 is 0 Å². The summed E-state index contributed by atoms with van der Waals surface area (Å²) in [7, 11) is 3.76. The lowest BCUT2D eigenvalue weighted by atomic mass is 9.45. The molecule has 0 aromatic carbocycles. The average Bonchev–Trinajstić information content (AvgIpc) is 1.87. The highest BCUT2D eigenvalue weighted by molar-refractivity contribution is 6.90. The Morgan fingerprint density at radius 3 is 1.90 bits per heavy atom. The summed E-state index contributed by atoms with van der Waals surface area (Å²) in [5, 5.41) is 0. The van der Waals surface area contributed by atoms with Crippen LogP contribution in [0.4, 0.5) is 0 Å².